The van der Waals surface area contributed by atoms with Crippen LogP contribution in [0.1, 0.15) is 31.2 Å². The van der Waals surface area contributed by atoms with E-state index in [1.165, 1.54) is 0 Å². The first-order valence-electron chi connectivity index (χ1n) is 7.02. The van der Waals surface area contributed by atoms with Crippen LogP contribution in [0.15, 0.2) is 24.3 Å². The van der Waals surface area contributed by atoms with Crippen LogP contribution in [0, 0.1) is 0 Å². The number of carbonyl (C=O) groups excluding carboxylic acids is 1. The second-order valence-corrected chi connectivity index (χ2v) is 5.91. The molecule has 102 valence electrons. The Balaban J connectivity index is 1.70. The van der Waals surface area contributed by atoms with Crippen molar-refractivity contribution in [3.8, 4) is 0 Å². The molecule has 0 radical (unpaired) electrons. The van der Waals surface area contributed by atoms with E-state index in [9.17, 15) is 4.79 Å². The lowest BCUT2D eigenvalue weighted by atomic mass is 10.1. The van der Waals surface area contributed by atoms with Crippen molar-refractivity contribution in [3.63, 3.8) is 0 Å². The van der Waals surface area contributed by atoms with Crippen LogP contribution in [0.4, 0.5) is 0 Å². The summed E-state index contributed by atoms with van der Waals surface area (Å²) in [5.74, 6) is 0.273. The smallest absolute Gasteiger partial charge is 0.240 e. The van der Waals surface area contributed by atoms with Gasteiger partial charge in [-0.2, -0.15) is 0 Å². The van der Waals surface area contributed by atoms with Gasteiger partial charge >= 0.3 is 0 Å². The van der Waals surface area contributed by atoms with Gasteiger partial charge < -0.3 is 10.2 Å². The van der Waals surface area contributed by atoms with Crippen LogP contribution in [-0.4, -0.2) is 29.4 Å². The van der Waals surface area contributed by atoms with Crippen LogP contribution in [0.25, 0.3) is 0 Å². The molecule has 2 fully saturated rings. The first-order valence-corrected chi connectivity index (χ1v) is 7.40. The van der Waals surface area contributed by atoms with Crippen molar-refractivity contribution in [1.82, 2.24) is 10.2 Å². The third kappa shape index (κ3) is 3.10. The van der Waals surface area contributed by atoms with Gasteiger partial charge in [-0.3, -0.25) is 4.79 Å². The van der Waals surface area contributed by atoms with Gasteiger partial charge in [0.05, 0.1) is 6.04 Å². The Morgan fingerprint density at radius 2 is 2.00 bits per heavy atom. The molecule has 0 aromatic heterocycles. The minimum absolute atomic E-state index is 0.0351. The van der Waals surface area contributed by atoms with Gasteiger partial charge in [-0.15, -0.1) is 0 Å². The molecule has 0 bridgehead atoms. The largest absolute Gasteiger partial charge is 0.334 e. The molecule has 0 spiro atoms. The molecule has 0 unspecified atom stereocenters. The Morgan fingerprint density at radius 1 is 1.26 bits per heavy atom. The van der Waals surface area contributed by atoms with Crippen molar-refractivity contribution in [1.29, 1.82) is 0 Å². The summed E-state index contributed by atoms with van der Waals surface area (Å²) in [4.78, 5) is 14.6. The predicted octanol–water partition coefficient (Wildman–Crippen LogP) is 2.58. The molecule has 1 aromatic carbocycles. The molecule has 2 aliphatic rings. The second-order valence-electron chi connectivity index (χ2n) is 5.47. The lowest BCUT2D eigenvalue weighted by molar-refractivity contribution is -0.134. The number of halogens is 1. The van der Waals surface area contributed by atoms with E-state index in [1.54, 1.807) is 0 Å². The molecule has 1 atom stereocenters. The van der Waals surface area contributed by atoms with Crippen molar-refractivity contribution in [2.75, 3.05) is 6.54 Å². The summed E-state index contributed by atoms with van der Waals surface area (Å²) in [6.07, 6.45) is 4.37. The topological polar surface area (TPSA) is 32.3 Å². The average Bonchev–Trinajstić information content (AvgIpc) is 3.11. The zero-order chi connectivity index (χ0) is 13.2. The Morgan fingerprint density at radius 3 is 2.58 bits per heavy atom. The molecular weight excluding hydrogens is 260 g/mol. The van der Waals surface area contributed by atoms with Crippen LogP contribution >= 0.6 is 11.6 Å². The number of hydrogen-bond donors (Lipinski definition) is 1. The van der Waals surface area contributed by atoms with Crippen LogP contribution in [-0.2, 0) is 11.3 Å². The van der Waals surface area contributed by atoms with E-state index in [1.807, 2.05) is 29.2 Å². The van der Waals surface area contributed by atoms with Crippen molar-refractivity contribution in [2.24, 2.45) is 0 Å². The molecule has 1 aliphatic heterocycles. The monoisotopic (exact) mass is 278 g/mol. The highest BCUT2D eigenvalue weighted by Gasteiger charge is 2.36. The van der Waals surface area contributed by atoms with Gasteiger partial charge in [-0.05, 0) is 49.9 Å². The molecular formula is C15H19ClN2O. The molecule has 4 heteroatoms. The summed E-state index contributed by atoms with van der Waals surface area (Å²) in [7, 11) is 0. The van der Waals surface area contributed by atoms with Crippen LogP contribution < -0.4 is 5.32 Å². The molecule has 1 N–H and O–H groups in total. The summed E-state index contributed by atoms with van der Waals surface area (Å²) in [5.41, 5.74) is 1.16. The Labute approximate surface area is 118 Å². The minimum Gasteiger partial charge on any atom is -0.334 e. The minimum atomic E-state index is 0.0351. The first-order chi connectivity index (χ1) is 9.24. The Hall–Kier alpha value is -1.06. The summed E-state index contributed by atoms with van der Waals surface area (Å²) >= 11 is 5.90. The number of nitrogens with zero attached hydrogens (tertiary/aromatic N) is 1. The van der Waals surface area contributed by atoms with Gasteiger partial charge in [-0.25, -0.2) is 0 Å². The van der Waals surface area contributed by atoms with Crippen molar-refractivity contribution < 1.29 is 4.79 Å². The highest BCUT2D eigenvalue weighted by molar-refractivity contribution is 6.30. The van der Waals surface area contributed by atoms with Gasteiger partial charge in [0, 0.05) is 17.6 Å². The molecule has 1 aliphatic carbocycles. The first kappa shape index (κ1) is 12.9. The number of carbonyl (C=O) groups is 1. The van der Waals surface area contributed by atoms with Crippen LogP contribution in [0.5, 0.6) is 0 Å². The molecule has 1 aromatic rings. The second kappa shape index (κ2) is 5.51. The van der Waals surface area contributed by atoms with Gasteiger partial charge in [-0.1, -0.05) is 23.7 Å². The van der Waals surface area contributed by atoms with E-state index in [4.69, 9.17) is 11.6 Å². The third-order valence-electron chi connectivity index (χ3n) is 3.90. The molecule has 1 saturated carbocycles. The zero-order valence-electron chi connectivity index (χ0n) is 10.9. The van der Waals surface area contributed by atoms with Gasteiger partial charge in [0.25, 0.3) is 0 Å². The van der Waals surface area contributed by atoms with Crippen molar-refractivity contribution >= 4 is 17.5 Å². The lowest BCUT2D eigenvalue weighted by Crippen LogP contribution is -2.44. The van der Waals surface area contributed by atoms with Crippen molar-refractivity contribution in [3.05, 3.63) is 34.9 Å². The fourth-order valence-electron chi connectivity index (χ4n) is 2.66. The molecule has 19 heavy (non-hydrogen) atoms. The fraction of sp³-hybridized carbons (Fsp3) is 0.533. The standard InChI is InChI=1S/C15H19ClN2O/c16-12-5-3-11(4-6-12)10-18(13-7-8-13)15(19)14-2-1-9-17-14/h3-6,13-14,17H,1-2,7-10H2/t14-/m0/s1. The summed E-state index contributed by atoms with van der Waals surface area (Å²) < 4.78 is 0. The average molecular weight is 279 g/mol. The van der Waals surface area contributed by atoms with E-state index in [0.717, 1.165) is 42.8 Å². The van der Waals surface area contributed by atoms with Gasteiger partial charge in [0.1, 0.15) is 0 Å². The number of nitrogens with one attached hydrogen (secondary N) is 1. The molecule has 3 nitrogen and oxygen atoms in total. The SMILES string of the molecule is O=C([C@@H]1CCCN1)N(Cc1ccc(Cl)cc1)C1CC1. The maximum absolute atomic E-state index is 12.5. The lowest BCUT2D eigenvalue weighted by Gasteiger charge is -2.25. The maximum Gasteiger partial charge on any atom is 0.240 e. The quantitative estimate of drug-likeness (QED) is 0.918. The predicted molar refractivity (Wildman–Crippen MR) is 76.0 cm³/mol. The molecule has 1 amide bonds. The van der Waals surface area contributed by atoms with E-state index in [2.05, 4.69) is 5.32 Å². The van der Waals surface area contributed by atoms with Crippen LogP contribution in [0.3, 0.4) is 0 Å². The van der Waals surface area contributed by atoms with E-state index in [-0.39, 0.29) is 11.9 Å². The fourth-order valence-corrected chi connectivity index (χ4v) is 2.78. The zero-order valence-corrected chi connectivity index (χ0v) is 11.7. The molecule has 1 saturated heterocycles. The van der Waals surface area contributed by atoms with Crippen molar-refractivity contribution in [2.45, 2.75) is 44.3 Å². The molecule has 3 rings (SSSR count). The third-order valence-corrected chi connectivity index (χ3v) is 4.15. The summed E-state index contributed by atoms with van der Waals surface area (Å²) in [5, 5.41) is 4.04. The number of benzene rings is 1. The van der Waals surface area contributed by atoms with E-state index in [0.29, 0.717) is 12.6 Å². The summed E-state index contributed by atoms with van der Waals surface area (Å²) in [6, 6.07) is 8.28. The number of hydrogen-bond acceptors (Lipinski definition) is 2. The highest BCUT2D eigenvalue weighted by Crippen LogP contribution is 2.30. The van der Waals surface area contributed by atoms with E-state index >= 15 is 0 Å². The maximum atomic E-state index is 12.5. The Kier molecular flexibility index (Phi) is 3.76. The highest BCUT2D eigenvalue weighted by atomic mass is 35.5. The Bertz CT molecular complexity index is 450. The van der Waals surface area contributed by atoms with Crippen LogP contribution in [0.2, 0.25) is 5.02 Å². The molecule has 1 heterocycles. The summed E-state index contributed by atoms with van der Waals surface area (Å²) in [6.45, 7) is 1.68. The van der Waals surface area contributed by atoms with Gasteiger partial charge in [0.2, 0.25) is 5.91 Å². The van der Waals surface area contributed by atoms with Gasteiger partial charge in [0.15, 0.2) is 0 Å². The normalized spacial score (nSPS) is 22.5. The van der Waals surface area contributed by atoms with E-state index < -0.39 is 0 Å². The number of amides is 1. The number of rotatable bonds is 4.